The number of nitrogens with zero attached hydrogens (tertiary/aromatic N) is 2. The third-order valence-electron chi connectivity index (χ3n) is 2.88. The first kappa shape index (κ1) is 13.6. The summed E-state index contributed by atoms with van der Waals surface area (Å²) in [6, 6.07) is 6.78. The summed E-state index contributed by atoms with van der Waals surface area (Å²) in [5.41, 5.74) is 6.96. The predicted molar refractivity (Wildman–Crippen MR) is 80.9 cm³/mol. The second-order valence-electron chi connectivity index (χ2n) is 4.63. The zero-order chi connectivity index (χ0) is 14.1. The van der Waals surface area contributed by atoms with Crippen LogP contribution in [0.5, 0.6) is 0 Å². The molecule has 3 rings (SSSR count). The van der Waals surface area contributed by atoms with E-state index in [0.29, 0.717) is 11.3 Å². The number of halogens is 1. The van der Waals surface area contributed by atoms with Crippen molar-refractivity contribution in [1.29, 1.82) is 0 Å². The lowest BCUT2D eigenvalue weighted by molar-refractivity contribution is 0.602. The zero-order valence-electron chi connectivity index (χ0n) is 10.9. The van der Waals surface area contributed by atoms with Crippen molar-refractivity contribution in [3.63, 3.8) is 0 Å². The molecule has 0 radical (unpaired) electrons. The molecule has 0 saturated carbocycles. The molecule has 104 valence electrons. The molecule has 0 fully saturated rings. The molecule has 2 N–H and O–H groups in total. The Kier molecular flexibility index (Phi) is 3.78. The average molecular weight is 307 g/mol. The highest BCUT2D eigenvalue weighted by Crippen LogP contribution is 2.33. The van der Waals surface area contributed by atoms with E-state index in [1.807, 2.05) is 29.0 Å². The Hall–Kier alpha value is -1.37. The lowest BCUT2D eigenvalue weighted by Crippen LogP contribution is -2.19. The summed E-state index contributed by atoms with van der Waals surface area (Å²) in [4.78, 5) is 6.09. The molecule has 0 aliphatic heterocycles. The van der Waals surface area contributed by atoms with Gasteiger partial charge < -0.3 is 5.73 Å². The molecule has 2 heterocycles. The van der Waals surface area contributed by atoms with Crippen molar-refractivity contribution in [3.05, 3.63) is 47.4 Å². The molecule has 1 aromatic carbocycles. The molecule has 0 saturated heterocycles. The fourth-order valence-corrected chi connectivity index (χ4v) is 3.76. The summed E-state index contributed by atoms with van der Waals surface area (Å²) < 4.78 is 15.8. The normalized spacial score (nSPS) is 12.9. The van der Waals surface area contributed by atoms with Gasteiger partial charge in [-0.25, -0.2) is 9.37 Å². The zero-order valence-corrected chi connectivity index (χ0v) is 12.5. The molecule has 1 atom stereocenters. The molecule has 0 aliphatic rings. The number of rotatable bonds is 4. The number of aromatic nitrogens is 2. The number of imidazole rings is 1. The minimum Gasteiger partial charge on any atom is -0.328 e. The maximum atomic E-state index is 13.8. The standard InChI is InChI=1S/C14H14FN3S2/c1-9(16)8-11-13(17-14-18(11)6-7-19-14)20-12-5-3-2-4-10(12)15/h2-7,9H,8,16H2,1H3. The van der Waals surface area contributed by atoms with Crippen LogP contribution < -0.4 is 5.73 Å². The molecular weight excluding hydrogens is 293 g/mol. The van der Waals surface area contributed by atoms with E-state index in [4.69, 9.17) is 5.73 Å². The molecule has 0 spiro atoms. The smallest absolute Gasteiger partial charge is 0.194 e. The number of nitrogens with two attached hydrogens (primary N) is 1. The van der Waals surface area contributed by atoms with Crippen LogP contribution in [0.3, 0.4) is 0 Å². The van der Waals surface area contributed by atoms with Crippen LogP contribution >= 0.6 is 23.1 Å². The van der Waals surface area contributed by atoms with Gasteiger partial charge in [0.2, 0.25) is 0 Å². The van der Waals surface area contributed by atoms with Crippen LogP contribution in [0, 0.1) is 5.82 Å². The highest BCUT2D eigenvalue weighted by Gasteiger charge is 2.16. The van der Waals surface area contributed by atoms with E-state index in [2.05, 4.69) is 4.98 Å². The summed E-state index contributed by atoms with van der Waals surface area (Å²) >= 11 is 2.93. The van der Waals surface area contributed by atoms with Crippen molar-refractivity contribution in [2.45, 2.75) is 29.3 Å². The van der Waals surface area contributed by atoms with E-state index in [1.54, 1.807) is 23.5 Å². The van der Waals surface area contributed by atoms with Gasteiger partial charge in [-0.05, 0) is 19.1 Å². The van der Waals surface area contributed by atoms with Gasteiger partial charge in [0, 0.05) is 28.9 Å². The van der Waals surface area contributed by atoms with E-state index in [0.717, 1.165) is 15.7 Å². The summed E-state index contributed by atoms with van der Waals surface area (Å²) in [5, 5.41) is 2.82. The molecule has 3 nitrogen and oxygen atoms in total. The Bertz CT molecular complexity index is 733. The number of benzene rings is 1. The Morgan fingerprint density at radius 3 is 3.00 bits per heavy atom. The van der Waals surface area contributed by atoms with Gasteiger partial charge in [-0.2, -0.15) is 0 Å². The molecule has 20 heavy (non-hydrogen) atoms. The van der Waals surface area contributed by atoms with Crippen molar-refractivity contribution >= 4 is 28.1 Å². The van der Waals surface area contributed by atoms with Crippen LogP contribution in [0.2, 0.25) is 0 Å². The SMILES string of the molecule is CC(N)Cc1c(Sc2ccccc2F)nc2sccn12. The number of hydrogen-bond acceptors (Lipinski definition) is 4. The van der Waals surface area contributed by atoms with Crippen molar-refractivity contribution in [1.82, 2.24) is 9.38 Å². The van der Waals surface area contributed by atoms with Gasteiger partial charge in [0.05, 0.1) is 5.69 Å². The maximum absolute atomic E-state index is 13.8. The van der Waals surface area contributed by atoms with Gasteiger partial charge in [-0.15, -0.1) is 11.3 Å². The van der Waals surface area contributed by atoms with Crippen LogP contribution in [-0.4, -0.2) is 15.4 Å². The van der Waals surface area contributed by atoms with Crippen LogP contribution in [0.4, 0.5) is 4.39 Å². The van der Waals surface area contributed by atoms with Gasteiger partial charge >= 0.3 is 0 Å². The topological polar surface area (TPSA) is 43.3 Å². The first-order chi connectivity index (χ1) is 9.65. The summed E-state index contributed by atoms with van der Waals surface area (Å²) in [7, 11) is 0. The number of thiazole rings is 1. The van der Waals surface area contributed by atoms with Crippen LogP contribution in [0.15, 0.2) is 45.8 Å². The first-order valence-electron chi connectivity index (χ1n) is 6.27. The monoisotopic (exact) mass is 307 g/mol. The fourth-order valence-electron chi connectivity index (χ4n) is 2.02. The summed E-state index contributed by atoms with van der Waals surface area (Å²) in [5.74, 6) is -0.222. The van der Waals surface area contributed by atoms with E-state index >= 15 is 0 Å². The average Bonchev–Trinajstić information content (AvgIpc) is 2.95. The Labute approximate surface area is 124 Å². The van der Waals surface area contributed by atoms with Gasteiger partial charge in [0.1, 0.15) is 10.8 Å². The van der Waals surface area contributed by atoms with Crippen molar-refractivity contribution in [3.8, 4) is 0 Å². The lowest BCUT2D eigenvalue weighted by atomic mass is 10.2. The maximum Gasteiger partial charge on any atom is 0.194 e. The van der Waals surface area contributed by atoms with Gasteiger partial charge in [0.15, 0.2) is 4.96 Å². The summed E-state index contributed by atoms with van der Waals surface area (Å²) in [6.07, 6.45) is 2.70. The second-order valence-corrected chi connectivity index (χ2v) is 6.54. The first-order valence-corrected chi connectivity index (χ1v) is 7.97. The van der Waals surface area contributed by atoms with Crippen molar-refractivity contribution < 1.29 is 4.39 Å². The molecule has 3 aromatic rings. The third-order valence-corrected chi connectivity index (χ3v) is 4.71. The molecule has 0 bridgehead atoms. The molecule has 1 unspecified atom stereocenters. The van der Waals surface area contributed by atoms with Crippen LogP contribution in [-0.2, 0) is 6.42 Å². The fraction of sp³-hybridized carbons (Fsp3) is 0.214. The van der Waals surface area contributed by atoms with E-state index in [9.17, 15) is 4.39 Å². The molecular formula is C14H14FN3S2. The largest absolute Gasteiger partial charge is 0.328 e. The van der Waals surface area contributed by atoms with Gasteiger partial charge in [-0.1, -0.05) is 23.9 Å². The third kappa shape index (κ3) is 2.59. The van der Waals surface area contributed by atoms with Gasteiger partial charge in [0.25, 0.3) is 0 Å². The Morgan fingerprint density at radius 2 is 2.25 bits per heavy atom. The minimum absolute atomic E-state index is 0.0368. The van der Waals surface area contributed by atoms with E-state index < -0.39 is 0 Å². The quantitative estimate of drug-likeness (QED) is 0.801. The number of fused-ring (bicyclic) bond motifs is 1. The van der Waals surface area contributed by atoms with E-state index in [1.165, 1.54) is 17.8 Å². The van der Waals surface area contributed by atoms with Crippen molar-refractivity contribution in [2.75, 3.05) is 0 Å². The molecule has 0 aliphatic carbocycles. The second kappa shape index (κ2) is 5.55. The van der Waals surface area contributed by atoms with E-state index in [-0.39, 0.29) is 11.9 Å². The lowest BCUT2D eigenvalue weighted by Gasteiger charge is -2.07. The number of hydrogen-bond donors (Lipinski definition) is 1. The Balaban J connectivity index is 2.02. The minimum atomic E-state index is -0.222. The van der Waals surface area contributed by atoms with Crippen molar-refractivity contribution in [2.24, 2.45) is 5.73 Å². The van der Waals surface area contributed by atoms with Gasteiger partial charge in [-0.3, -0.25) is 4.40 Å². The molecule has 6 heteroatoms. The highest BCUT2D eigenvalue weighted by molar-refractivity contribution is 7.99. The molecule has 0 amide bonds. The van der Waals surface area contributed by atoms with Crippen LogP contribution in [0.25, 0.3) is 4.96 Å². The predicted octanol–water partition coefficient (Wildman–Crippen LogP) is 3.58. The molecule has 2 aromatic heterocycles. The highest BCUT2D eigenvalue weighted by atomic mass is 32.2. The Morgan fingerprint density at radius 1 is 1.45 bits per heavy atom. The van der Waals surface area contributed by atoms with Crippen LogP contribution in [0.1, 0.15) is 12.6 Å². The summed E-state index contributed by atoms with van der Waals surface area (Å²) in [6.45, 7) is 1.96.